The number of anilines is 1. The molecule has 1 aromatic heterocycles. The van der Waals surface area contributed by atoms with E-state index < -0.39 is 12.6 Å². The summed E-state index contributed by atoms with van der Waals surface area (Å²) in [7, 11) is 0. The Morgan fingerprint density at radius 1 is 1.22 bits per heavy atom. The molecule has 3 aromatic rings. The first-order valence-electron chi connectivity index (χ1n) is 6.81. The van der Waals surface area contributed by atoms with Crippen molar-refractivity contribution in [1.29, 1.82) is 0 Å². The number of carboxylic acid groups (broad SMARTS) is 1. The van der Waals surface area contributed by atoms with Gasteiger partial charge in [0, 0.05) is 17.1 Å². The van der Waals surface area contributed by atoms with Gasteiger partial charge in [0.2, 0.25) is 0 Å². The number of nitrogens with zero attached hydrogens (tertiary/aromatic N) is 1. The molecule has 0 aliphatic rings. The molecule has 0 saturated heterocycles. The van der Waals surface area contributed by atoms with E-state index in [-0.39, 0.29) is 5.91 Å². The zero-order valence-electron chi connectivity index (χ0n) is 11.9. The fraction of sp³-hybridized carbons (Fsp3) is 0.0625. The van der Waals surface area contributed by atoms with Gasteiger partial charge >= 0.3 is 5.97 Å². The van der Waals surface area contributed by atoms with Crippen molar-refractivity contribution in [2.24, 2.45) is 0 Å². The van der Waals surface area contributed by atoms with Crippen LogP contribution in [0.5, 0.6) is 5.75 Å². The summed E-state index contributed by atoms with van der Waals surface area (Å²) >= 11 is 0. The highest BCUT2D eigenvalue weighted by Gasteiger charge is 2.12. The Kier molecular flexibility index (Phi) is 3.92. The maximum Gasteiger partial charge on any atom is 0.341 e. The molecule has 7 heteroatoms. The van der Waals surface area contributed by atoms with E-state index in [1.165, 1.54) is 0 Å². The van der Waals surface area contributed by atoms with Gasteiger partial charge in [0.1, 0.15) is 5.75 Å². The molecule has 0 unspecified atom stereocenters. The van der Waals surface area contributed by atoms with Gasteiger partial charge in [0.05, 0.1) is 17.3 Å². The number of aliphatic carboxylic acids is 1. The molecule has 0 atom stereocenters. The van der Waals surface area contributed by atoms with Crippen LogP contribution in [0.15, 0.2) is 48.7 Å². The van der Waals surface area contributed by atoms with E-state index in [9.17, 15) is 9.59 Å². The van der Waals surface area contributed by atoms with Crippen LogP contribution in [0.1, 0.15) is 10.4 Å². The van der Waals surface area contributed by atoms with Crippen molar-refractivity contribution in [2.45, 2.75) is 0 Å². The van der Waals surface area contributed by atoms with Gasteiger partial charge in [-0.25, -0.2) is 4.79 Å². The average molecular weight is 311 g/mol. The minimum absolute atomic E-state index is 0.296. The van der Waals surface area contributed by atoms with Gasteiger partial charge in [-0.1, -0.05) is 18.2 Å². The number of ether oxygens (including phenoxy) is 1. The van der Waals surface area contributed by atoms with Crippen LogP contribution in [0, 0.1) is 0 Å². The highest BCUT2D eigenvalue weighted by atomic mass is 16.5. The average Bonchev–Trinajstić information content (AvgIpc) is 3.01. The first-order valence-corrected chi connectivity index (χ1v) is 6.81. The van der Waals surface area contributed by atoms with Crippen LogP contribution in [0.2, 0.25) is 0 Å². The number of carboxylic acids is 1. The Hall–Kier alpha value is -3.35. The fourth-order valence-electron chi connectivity index (χ4n) is 2.17. The minimum atomic E-state index is -1.06. The highest BCUT2D eigenvalue weighted by Crippen LogP contribution is 2.20. The largest absolute Gasteiger partial charge is 0.482 e. The van der Waals surface area contributed by atoms with E-state index in [0.29, 0.717) is 22.5 Å². The van der Waals surface area contributed by atoms with Crippen molar-refractivity contribution in [1.82, 2.24) is 10.2 Å². The Morgan fingerprint density at radius 2 is 2.04 bits per heavy atom. The maximum absolute atomic E-state index is 12.4. The molecule has 1 amide bonds. The van der Waals surface area contributed by atoms with E-state index in [4.69, 9.17) is 9.84 Å². The first kappa shape index (κ1) is 14.6. The van der Waals surface area contributed by atoms with Crippen LogP contribution in [-0.4, -0.2) is 33.8 Å². The number of para-hydroxylation sites is 1. The molecule has 0 aliphatic heterocycles. The van der Waals surface area contributed by atoms with Crippen molar-refractivity contribution < 1.29 is 19.4 Å². The van der Waals surface area contributed by atoms with Gasteiger partial charge in [-0.3, -0.25) is 9.89 Å². The van der Waals surface area contributed by atoms with Gasteiger partial charge in [0.25, 0.3) is 5.91 Å². The molecular weight excluding hydrogens is 298 g/mol. The van der Waals surface area contributed by atoms with Crippen LogP contribution in [-0.2, 0) is 4.79 Å². The van der Waals surface area contributed by atoms with Crippen LogP contribution < -0.4 is 10.1 Å². The summed E-state index contributed by atoms with van der Waals surface area (Å²) in [5.41, 5.74) is 1.63. The van der Waals surface area contributed by atoms with E-state index >= 15 is 0 Å². The van der Waals surface area contributed by atoms with Crippen molar-refractivity contribution in [3.63, 3.8) is 0 Å². The Bertz CT molecular complexity index is 872. The van der Waals surface area contributed by atoms with E-state index in [0.717, 1.165) is 5.39 Å². The molecule has 0 radical (unpaired) electrons. The summed E-state index contributed by atoms with van der Waals surface area (Å²) < 4.78 is 5.09. The Balaban J connectivity index is 1.79. The van der Waals surface area contributed by atoms with Crippen molar-refractivity contribution in [3.05, 3.63) is 54.2 Å². The number of amides is 1. The Morgan fingerprint density at radius 3 is 2.87 bits per heavy atom. The molecule has 2 aromatic carbocycles. The van der Waals surface area contributed by atoms with Crippen LogP contribution in [0.4, 0.5) is 5.69 Å². The number of H-pyrrole nitrogens is 1. The van der Waals surface area contributed by atoms with Gasteiger partial charge in [-0.15, -0.1) is 0 Å². The van der Waals surface area contributed by atoms with Crippen molar-refractivity contribution in [2.75, 3.05) is 11.9 Å². The second-order valence-corrected chi connectivity index (χ2v) is 4.80. The number of fused-ring (bicyclic) bond motifs is 1. The number of aromatic amines is 1. The number of carbonyl (C=O) groups is 2. The normalized spacial score (nSPS) is 10.4. The molecule has 116 valence electrons. The topological polar surface area (TPSA) is 104 Å². The standard InChI is InChI=1S/C16H13N3O4/c20-14(21)9-23-12-5-2-4-11(7-12)18-16(22)13-6-1-3-10-8-17-19-15(10)13/h1-8H,9H2,(H,17,19)(H,18,22)(H,20,21). The van der Waals surface area contributed by atoms with Gasteiger partial charge < -0.3 is 15.2 Å². The third-order valence-corrected chi connectivity index (χ3v) is 3.18. The molecule has 0 aliphatic carbocycles. The lowest BCUT2D eigenvalue weighted by Gasteiger charge is -2.08. The highest BCUT2D eigenvalue weighted by molar-refractivity contribution is 6.11. The number of nitrogens with one attached hydrogen (secondary N) is 2. The van der Waals surface area contributed by atoms with Gasteiger partial charge in [0.15, 0.2) is 6.61 Å². The zero-order valence-corrected chi connectivity index (χ0v) is 11.9. The third-order valence-electron chi connectivity index (χ3n) is 3.18. The summed E-state index contributed by atoms with van der Waals surface area (Å²) in [6.07, 6.45) is 1.65. The summed E-state index contributed by atoms with van der Waals surface area (Å²) in [6, 6.07) is 11.9. The second-order valence-electron chi connectivity index (χ2n) is 4.80. The van der Waals surface area contributed by atoms with E-state index in [1.807, 2.05) is 6.07 Å². The predicted molar refractivity (Wildman–Crippen MR) is 83.6 cm³/mol. The lowest BCUT2D eigenvalue weighted by atomic mass is 10.1. The van der Waals surface area contributed by atoms with Crippen molar-refractivity contribution in [3.8, 4) is 5.75 Å². The lowest BCUT2D eigenvalue weighted by Crippen LogP contribution is -2.13. The van der Waals surface area contributed by atoms with E-state index in [2.05, 4.69) is 15.5 Å². The summed E-state index contributed by atoms with van der Waals surface area (Å²) in [4.78, 5) is 22.9. The quantitative estimate of drug-likeness (QED) is 0.670. The first-order chi connectivity index (χ1) is 11.1. The molecular formula is C16H13N3O4. The number of carbonyl (C=O) groups excluding carboxylic acids is 1. The van der Waals surface area contributed by atoms with Crippen molar-refractivity contribution >= 4 is 28.5 Å². The third kappa shape index (κ3) is 3.29. The van der Waals surface area contributed by atoms with Crippen LogP contribution >= 0.6 is 0 Å². The number of hydrogen-bond acceptors (Lipinski definition) is 4. The van der Waals surface area contributed by atoms with Gasteiger partial charge in [-0.05, 0) is 18.2 Å². The van der Waals surface area contributed by atoms with Crippen LogP contribution in [0.3, 0.4) is 0 Å². The van der Waals surface area contributed by atoms with Crippen LogP contribution in [0.25, 0.3) is 10.9 Å². The van der Waals surface area contributed by atoms with Gasteiger partial charge in [-0.2, -0.15) is 5.10 Å². The zero-order chi connectivity index (χ0) is 16.2. The molecule has 0 saturated carbocycles. The lowest BCUT2D eigenvalue weighted by molar-refractivity contribution is -0.139. The molecule has 0 spiro atoms. The SMILES string of the molecule is O=C(O)COc1cccc(NC(=O)c2cccc3cn[nH]c23)c1. The summed E-state index contributed by atoms with van der Waals surface area (Å²) in [6.45, 7) is -0.440. The number of benzene rings is 2. The molecule has 7 nitrogen and oxygen atoms in total. The Labute approximate surface area is 130 Å². The smallest absolute Gasteiger partial charge is 0.341 e. The molecule has 0 fully saturated rings. The molecule has 3 N–H and O–H groups in total. The fourth-order valence-corrected chi connectivity index (χ4v) is 2.17. The molecule has 23 heavy (non-hydrogen) atoms. The summed E-state index contributed by atoms with van der Waals surface area (Å²) in [5, 5.41) is 18.9. The predicted octanol–water partition coefficient (Wildman–Crippen LogP) is 2.28. The number of rotatable bonds is 5. The minimum Gasteiger partial charge on any atom is -0.482 e. The van der Waals surface area contributed by atoms with E-state index in [1.54, 1.807) is 42.6 Å². The molecule has 3 rings (SSSR count). The molecule has 1 heterocycles. The number of hydrogen-bond donors (Lipinski definition) is 3. The summed E-state index contributed by atoms with van der Waals surface area (Å²) in [5.74, 6) is -0.995. The molecule has 0 bridgehead atoms. The maximum atomic E-state index is 12.4. The second kappa shape index (κ2) is 6.18. The monoisotopic (exact) mass is 311 g/mol. The number of aromatic nitrogens is 2.